The lowest BCUT2D eigenvalue weighted by molar-refractivity contribution is -0.136. The molecule has 0 aliphatic carbocycles. The topological polar surface area (TPSA) is 171 Å². The van der Waals surface area contributed by atoms with Gasteiger partial charge in [0.2, 0.25) is 17.7 Å². The van der Waals surface area contributed by atoms with Crippen molar-refractivity contribution in [1.82, 2.24) is 30.3 Å². The number of piperidine rings is 1. The lowest BCUT2D eigenvalue weighted by Gasteiger charge is -2.41. The fraction of sp³-hybridized carbons (Fsp3) is 0.385. The van der Waals surface area contributed by atoms with Gasteiger partial charge in [-0.15, -0.1) is 10.2 Å². The molecule has 0 radical (unpaired) electrons. The highest BCUT2D eigenvalue weighted by Gasteiger charge is 2.47. The molecule has 9 rings (SSSR count). The molecule has 278 valence electrons. The molecule has 15 heteroatoms. The van der Waals surface area contributed by atoms with Crippen molar-refractivity contribution >= 4 is 34.9 Å². The number of rotatable bonds is 8. The summed E-state index contributed by atoms with van der Waals surface area (Å²) in [6, 6.07) is 19.0. The van der Waals surface area contributed by atoms with Crippen molar-refractivity contribution in [2.24, 2.45) is 5.90 Å². The Morgan fingerprint density at radius 2 is 1.83 bits per heavy atom. The second-order valence-electron chi connectivity index (χ2n) is 15.0. The maximum Gasteiger partial charge on any atom is 0.255 e. The van der Waals surface area contributed by atoms with Gasteiger partial charge >= 0.3 is 0 Å². The number of nitrogens with zero attached hydrogens (tertiary/aromatic N) is 7. The van der Waals surface area contributed by atoms with Gasteiger partial charge < -0.3 is 29.6 Å². The minimum absolute atomic E-state index is 0.0551. The number of benzene rings is 2. The van der Waals surface area contributed by atoms with Crippen LogP contribution in [0.3, 0.4) is 0 Å². The van der Waals surface area contributed by atoms with Crippen molar-refractivity contribution in [3.63, 3.8) is 0 Å². The second-order valence-corrected chi connectivity index (χ2v) is 15.0. The molecular weight excluding hydrogens is 688 g/mol. The summed E-state index contributed by atoms with van der Waals surface area (Å²) in [4.78, 5) is 55.8. The minimum Gasteiger partial charge on any atom is -0.472 e. The highest BCUT2D eigenvalue weighted by atomic mass is 16.6. The fourth-order valence-electron chi connectivity index (χ4n) is 8.53. The number of nitrogens with two attached hydrogens (primary N) is 1. The third-order valence-electron chi connectivity index (χ3n) is 11.4. The molecule has 5 aliphatic rings. The number of carbonyl (C=O) groups is 3. The molecule has 54 heavy (non-hydrogen) atoms. The molecule has 5 aliphatic heterocycles. The largest absolute Gasteiger partial charge is 0.472 e. The molecule has 3 unspecified atom stereocenters. The maximum atomic E-state index is 13.3. The molecule has 3 amide bonds. The zero-order valence-corrected chi connectivity index (χ0v) is 30.0. The molecular formula is C39H42N10O5. The number of aromatic nitrogens is 3. The van der Waals surface area contributed by atoms with E-state index in [0.29, 0.717) is 42.4 Å². The first-order chi connectivity index (χ1) is 26.2. The molecule has 4 aromatic rings. The van der Waals surface area contributed by atoms with Crippen molar-refractivity contribution in [3.05, 3.63) is 83.6 Å². The van der Waals surface area contributed by atoms with Gasteiger partial charge in [0.1, 0.15) is 12.1 Å². The van der Waals surface area contributed by atoms with Crippen LogP contribution in [0.4, 0.5) is 17.2 Å². The van der Waals surface area contributed by atoms with Crippen LogP contribution < -0.4 is 35.9 Å². The van der Waals surface area contributed by atoms with E-state index in [2.05, 4.69) is 54.6 Å². The summed E-state index contributed by atoms with van der Waals surface area (Å²) in [5.41, 5.74) is 5.94. The highest BCUT2D eigenvalue weighted by Crippen LogP contribution is 2.43. The molecule has 0 bridgehead atoms. The van der Waals surface area contributed by atoms with E-state index in [-0.39, 0.29) is 29.9 Å². The van der Waals surface area contributed by atoms with Crippen LogP contribution in [0.25, 0.3) is 11.3 Å². The first-order valence-corrected chi connectivity index (χ1v) is 18.5. The number of piperazine rings is 1. The highest BCUT2D eigenvalue weighted by molar-refractivity contribution is 6.05. The molecule has 2 aromatic carbocycles. The Bertz CT molecular complexity index is 2120. The van der Waals surface area contributed by atoms with Crippen LogP contribution >= 0.6 is 0 Å². The number of amides is 3. The van der Waals surface area contributed by atoms with Crippen LogP contribution in [-0.2, 0) is 22.7 Å². The number of imide groups is 1. The lowest BCUT2D eigenvalue weighted by Crippen LogP contribution is -2.52. The van der Waals surface area contributed by atoms with Crippen LogP contribution in [0.1, 0.15) is 47.7 Å². The van der Waals surface area contributed by atoms with Crippen molar-refractivity contribution < 1.29 is 24.0 Å². The van der Waals surface area contributed by atoms with Gasteiger partial charge in [-0.3, -0.25) is 24.6 Å². The number of fused-ring (bicyclic) bond motifs is 4. The normalized spacial score (nSPS) is 23.7. The molecule has 0 saturated carbocycles. The monoisotopic (exact) mass is 730 g/mol. The van der Waals surface area contributed by atoms with Gasteiger partial charge in [0.05, 0.1) is 23.5 Å². The number of nitrogens with one attached hydrogen (secondary N) is 2. The number of pyridine rings is 1. The Balaban J connectivity index is 0.791. The SMILES string of the molecule is CC12CNc3nnc(-c4ccccc4ON)cc3N1CC(Oc1ccc(CN3CCN(c4ccc5c(c4)C(=O)N(C4CCC(=O)NC4=O)C5)CC3)cn1)C2. The predicted molar refractivity (Wildman–Crippen MR) is 200 cm³/mol. The Morgan fingerprint density at radius 3 is 2.63 bits per heavy atom. The van der Waals surface area contributed by atoms with Crippen molar-refractivity contribution in [2.45, 2.75) is 57.0 Å². The molecule has 2 aromatic heterocycles. The number of carbonyl (C=O) groups excluding carboxylic acids is 3. The first kappa shape index (κ1) is 34.0. The number of ether oxygens (including phenoxy) is 1. The number of anilines is 3. The number of para-hydroxylation sites is 1. The summed E-state index contributed by atoms with van der Waals surface area (Å²) in [7, 11) is 0. The van der Waals surface area contributed by atoms with E-state index >= 15 is 0 Å². The van der Waals surface area contributed by atoms with E-state index in [9.17, 15) is 14.4 Å². The Labute approximate surface area is 312 Å². The summed E-state index contributed by atoms with van der Waals surface area (Å²) in [5, 5.41) is 14.8. The molecule has 3 saturated heterocycles. The minimum atomic E-state index is -0.610. The third-order valence-corrected chi connectivity index (χ3v) is 11.4. The van der Waals surface area contributed by atoms with E-state index in [0.717, 1.165) is 79.6 Å². The fourth-order valence-corrected chi connectivity index (χ4v) is 8.53. The molecule has 7 heterocycles. The van der Waals surface area contributed by atoms with E-state index in [1.165, 1.54) is 0 Å². The van der Waals surface area contributed by atoms with Gasteiger partial charge in [0, 0.05) is 87.7 Å². The van der Waals surface area contributed by atoms with Gasteiger partial charge in [-0.25, -0.2) is 4.98 Å². The maximum absolute atomic E-state index is 13.3. The average Bonchev–Trinajstić information content (AvgIpc) is 3.71. The molecule has 3 fully saturated rings. The van der Waals surface area contributed by atoms with Gasteiger partial charge in [-0.1, -0.05) is 24.3 Å². The van der Waals surface area contributed by atoms with Crippen molar-refractivity contribution in [3.8, 4) is 22.9 Å². The Morgan fingerprint density at radius 1 is 0.981 bits per heavy atom. The van der Waals surface area contributed by atoms with Crippen LogP contribution in [0.5, 0.6) is 11.6 Å². The molecule has 0 spiro atoms. The summed E-state index contributed by atoms with van der Waals surface area (Å²) >= 11 is 0. The van der Waals surface area contributed by atoms with Gasteiger partial charge in [0.25, 0.3) is 5.91 Å². The van der Waals surface area contributed by atoms with E-state index < -0.39 is 11.9 Å². The van der Waals surface area contributed by atoms with Crippen molar-refractivity contribution in [2.75, 3.05) is 54.4 Å². The Hall–Kier alpha value is -5.80. The molecule has 4 N–H and O–H groups in total. The van der Waals surface area contributed by atoms with Gasteiger partial charge in [-0.2, -0.15) is 5.90 Å². The summed E-state index contributed by atoms with van der Waals surface area (Å²) < 4.78 is 6.46. The predicted octanol–water partition coefficient (Wildman–Crippen LogP) is 2.72. The van der Waals surface area contributed by atoms with Crippen LogP contribution in [-0.4, -0.2) is 99.7 Å². The quantitative estimate of drug-likeness (QED) is 0.179. The number of hydrogen-bond acceptors (Lipinski definition) is 13. The molecule has 15 nitrogen and oxygen atoms in total. The summed E-state index contributed by atoms with van der Waals surface area (Å²) in [6.07, 6.45) is 3.28. The standard InChI is InChI=1S/C39H42N10O5/c1-39-18-27(22-49(39)32-17-30(44-45-36(32)42-23-39)28-4-2-3-5-33(28)54-40)53-35-11-6-24(19-41-35)20-46-12-14-47(15-13-46)26-8-7-25-21-48(38(52)29(25)16-26)31-9-10-34(50)43-37(31)51/h2-8,11,16-17,19,27,31H,9-10,12-15,18,20-23,40H2,1H3,(H,42,45)(H,43,50,51). The smallest absolute Gasteiger partial charge is 0.255 e. The Kier molecular flexibility index (Phi) is 8.54. The zero-order valence-electron chi connectivity index (χ0n) is 30.0. The van der Waals surface area contributed by atoms with Crippen LogP contribution in [0, 0.1) is 0 Å². The first-order valence-electron chi connectivity index (χ1n) is 18.5. The van der Waals surface area contributed by atoms with Crippen molar-refractivity contribution in [1.29, 1.82) is 0 Å². The van der Waals surface area contributed by atoms with Crippen LogP contribution in [0.2, 0.25) is 0 Å². The van der Waals surface area contributed by atoms with E-state index in [1.807, 2.05) is 48.7 Å². The van der Waals surface area contributed by atoms with Gasteiger partial charge in [-0.05, 0) is 54.8 Å². The second kappa shape index (κ2) is 13.6. The summed E-state index contributed by atoms with van der Waals surface area (Å²) in [6.45, 7) is 8.21. The van der Waals surface area contributed by atoms with E-state index in [4.69, 9.17) is 20.5 Å². The van der Waals surface area contributed by atoms with E-state index in [1.54, 1.807) is 11.0 Å². The zero-order chi connectivity index (χ0) is 37.0. The van der Waals surface area contributed by atoms with Crippen LogP contribution in [0.15, 0.2) is 66.9 Å². The summed E-state index contributed by atoms with van der Waals surface area (Å²) in [5.74, 6) is 6.59. The van der Waals surface area contributed by atoms with Gasteiger partial charge in [0.15, 0.2) is 11.6 Å². The lowest BCUT2D eigenvalue weighted by atomic mass is 9.95. The third kappa shape index (κ3) is 6.22. The molecule has 3 atom stereocenters. The number of hydrogen-bond donors (Lipinski definition) is 3. The average molecular weight is 731 g/mol.